The van der Waals surface area contributed by atoms with Crippen molar-refractivity contribution in [2.45, 2.75) is 33.4 Å². The normalized spacial score (nSPS) is 13.7. The van der Waals surface area contributed by atoms with Crippen molar-refractivity contribution in [1.82, 2.24) is 5.32 Å². The maximum atomic E-state index is 11.8. The lowest BCUT2D eigenvalue weighted by Crippen LogP contribution is -2.52. The summed E-state index contributed by atoms with van der Waals surface area (Å²) < 4.78 is 4.94. The molecule has 3 N–H and O–H groups in total. The molecule has 126 valence electrons. The van der Waals surface area contributed by atoms with E-state index in [0.29, 0.717) is 0 Å². The third-order valence-corrected chi connectivity index (χ3v) is 3.28. The van der Waals surface area contributed by atoms with Gasteiger partial charge in [-0.05, 0) is 11.0 Å². The van der Waals surface area contributed by atoms with Gasteiger partial charge in [0, 0.05) is 0 Å². The number of hydrogen-bond acceptors (Lipinski definition) is 4. The summed E-state index contributed by atoms with van der Waals surface area (Å²) in [7, 11) is 0. The summed E-state index contributed by atoms with van der Waals surface area (Å²) in [4.78, 5) is 34.6. The van der Waals surface area contributed by atoms with Crippen LogP contribution in [0.1, 0.15) is 26.3 Å². The Morgan fingerprint density at radius 3 is 2.09 bits per heavy atom. The largest absolute Gasteiger partial charge is 0.481 e. The highest BCUT2D eigenvalue weighted by atomic mass is 16.5. The second-order valence-electron chi connectivity index (χ2n) is 6.20. The van der Waals surface area contributed by atoms with Crippen LogP contribution in [0.15, 0.2) is 30.3 Å². The molecule has 0 aliphatic rings. The van der Waals surface area contributed by atoms with Crippen molar-refractivity contribution in [3.05, 3.63) is 35.9 Å². The second kappa shape index (κ2) is 7.62. The van der Waals surface area contributed by atoms with Crippen LogP contribution in [0.5, 0.6) is 0 Å². The Balaban J connectivity index is 2.77. The number of aliphatic carboxylic acids is 2. The van der Waals surface area contributed by atoms with Gasteiger partial charge in [-0.2, -0.15) is 0 Å². The van der Waals surface area contributed by atoms with Crippen LogP contribution < -0.4 is 5.32 Å². The number of carbonyl (C=O) groups is 3. The Kier molecular flexibility index (Phi) is 6.12. The molecule has 2 atom stereocenters. The van der Waals surface area contributed by atoms with Crippen molar-refractivity contribution in [2.24, 2.45) is 11.3 Å². The number of alkyl carbamates (subject to hydrolysis) is 1. The fraction of sp³-hybridized carbons (Fsp3) is 0.438. The first-order chi connectivity index (χ1) is 10.6. The summed E-state index contributed by atoms with van der Waals surface area (Å²) in [6, 6.07) is 7.27. The van der Waals surface area contributed by atoms with Crippen molar-refractivity contribution in [1.29, 1.82) is 0 Å². The van der Waals surface area contributed by atoms with E-state index in [0.717, 1.165) is 5.56 Å². The van der Waals surface area contributed by atoms with Gasteiger partial charge >= 0.3 is 18.0 Å². The third-order valence-electron chi connectivity index (χ3n) is 3.28. The molecule has 0 aliphatic heterocycles. The minimum atomic E-state index is -1.59. The first-order valence-electron chi connectivity index (χ1n) is 7.05. The molecule has 0 aromatic heterocycles. The van der Waals surface area contributed by atoms with Crippen LogP contribution in [0.2, 0.25) is 0 Å². The molecule has 0 spiro atoms. The van der Waals surface area contributed by atoms with Gasteiger partial charge in [-0.3, -0.25) is 4.79 Å². The maximum absolute atomic E-state index is 11.8. The predicted octanol–water partition coefficient (Wildman–Crippen LogP) is 2.11. The first kappa shape index (κ1) is 18.5. The van der Waals surface area contributed by atoms with E-state index in [2.05, 4.69) is 5.32 Å². The highest BCUT2D eigenvalue weighted by Crippen LogP contribution is 2.29. The molecule has 1 amide bonds. The molecule has 0 saturated carbocycles. The number of rotatable bonds is 6. The molecule has 0 bridgehead atoms. The van der Waals surface area contributed by atoms with E-state index in [1.807, 2.05) is 6.07 Å². The lowest BCUT2D eigenvalue weighted by Gasteiger charge is -2.31. The fourth-order valence-electron chi connectivity index (χ4n) is 2.19. The van der Waals surface area contributed by atoms with Crippen LogP contribution in [0.25, 0.3) is 0 Å². The highest BCUT2D eigenvalue weighted by Gasteiger charge is 2.43. The number of nitrogens with one attached hydrogen (secondary N) is 1. The summed E-state index contributed by atoms with van der Waals surface area (Å²) in [5, 5.41) is 20.7. The summed E-state index contributed by atoms with van der Waals surface area (Å²) >= 11 is 0. The van der Waals surface area contributed by atoms with Gasteiger partial charge in [-0.1, -0.05) is 51.1 Å². The third kappa shape index (κ3) is 5.61. The van der Waals surface area contributed by atoms with Gasteiger partial charge in [-0.25, -0.2) is 9.59 Å². The lowest BCUT2D eigenvalue weighted by atomic mass is 9.76. The van der Waals surface area contributed by atoms with Crippen LogP contribution in [0.4, 0.5) is 4.79 Å². The maximum Gasteiger partial charge on any atom is 0.408 e. The minimum absolute atomic E-state index is 0.0354. The summed E-state index contributed by atoms with van der Waals surface area (Å²) in [5.41, 5.74) is -0.123. The lowest BCUT2D eigenvalue weighted by molar-refractivity contribution is -0.155. The zero-order valence-electron chi connectivity index (χ0n) is 13.3. The zero-order chi connectivity index (χ0) is 17.6. The summed E-state index contributed by atoms with van der Waals surface area (Å²) in [6.07, 6.45) is -0.975. The van der Waals surface area contributed by atoms with Crippen LogP contribution in [0, 0.1) is 11.3 Å². The molecule has 0 fully saturated rings. The van der Waals surface area contributed by atoms with Crippen LogP contribution in [-0.4, -0.2) is 34.3 Å². The quantitative estimate of drug-likeness (QED) is 0.739. The molecule has 0 saturated heterocycles. The fourth-order valence-corrected chi connectivity index (χ4v) is 2.19. The zero-order valence-corrected chi connectivity index (χ0v) is 13.3. The molecule has 0 radical (unpaired) electrons. The SMILES string of the molecule is CC(C)(C)[C@H](C(=O)O)C(NC(=O)OCc1ccccc1)C(=O)O. The monoisotopic (exact) mass is 323 g/mol. The molecule has 0 heterocycles. The van der Waals surface area contributed by atoms with E-state index in [1.165, 1.54) is 0 Å². The van der Waals surface area contributed by atoms with Crippen LogP contribution >= 0.6 is 0 Å². The molecule has 1 aromatic rings. The van der Waals surface area contributed by atoms with Crippen molar-refractivity contribution >= 4 is 18.0 Å². The van der Waals surface area contributed by atoms with E-state index in [9.17, 15) is 24.6 Å². The minimum Gasteiger partial charge on any atom is -0.481 e. The molecule has 0 aliphatic carbocycles. The molecule has 1 aromatic carbocycles. The molecule has 7 heteroatoms. The molecule has 1 unspecified atom stereocenters. The molecule has 1 rings (SSSR count). The number of benzene rings is 1. The Hall–Kier alpha value is -2.57. The van der Waals surface area contributed by atoms with Gasteiger partial charge in [-0.15, -0.1) is 0 Å². The molecular formula is C16H21NO6. The summed E-state index contributed by atoms with van der Waals surface area (Å²) in [5.74, 6) is -4.03. The van der Waals surface area contributed by atoms with E-state index >= 15 is 0 Å². The summed E-state index contributed by atoms with van der Waals surface area (Å²) in [6.45, 7) is 4.75. The average Bonchev–Trinajstić information content (AvgIpc) is 2.43. The number of carbonyl (C=O) groups excluding carboxylic acids is 1. The van der Waals surface area contributed by atoms with Crippen molar-refractivity contribution in [3.63, 3.8) is 0 Å². The Morgan fingerprint density at radius 2 is 1.65 bits per heavy atom. The number of hydrogen-bond donors (Lipinski definition) is 3. The Morgan fingerprint density at radius 1 is 1.09 bits per heavy atom. The van der Waals surface area contributed by atoms with Crippen molar-refractivity contribution in [2.75, 3.05) is 0 Å². The van der Waals surface area contributed by atoms with Gasteiger partial charge in [0.25, 0.3) is 0 Å². The van der Waals surface area contributed by atoms with E-state index in [-0.39, 0.29) is 6.61 Å². The first-order valence-corrected chi connectivity index (χ1v) is 7.05. The van der Waals surface area contributed by atoms with Gasteiger partial charge in [0.15, 0.2) is 0 Å². The smallest absolute Gasteiger partial charge is 0.408 e. The van der Waals surface area contributed by atoms with Crippen LogP contribution in [-0.2, 0) is 20.9 Å². The second-order valence-corrected chi connectivity index (χ2v) is 6.20. The van der Waals surface area contributed by atoms with E-state index in [1.54, 1.807) is 45.0 Å². The number of amides is 1. The van der Waals surface area contributed by atoms with Gasteiger partial charge in [0.2, 0.25) is 0 Å². The average molecular weight is 323 g/mol. The molecule has 7 nitrogen and oxygen atoms in total. The predicted molar refractivity (Wildman–Crippen MR) is 81.8 cm³/mol. The highest BCUT2D eigenvalue weighted by molar-refractivity contribution is 5.86. The van der Waals surface area contributed by atoms with Crippen LogP contribution in [0.3, 0.4) is 0 Å². The standard InChI is InChI=1S/C16H21NO6/c1-16(2,3)11(13(18)19)12(14(20)21)17-15(22)23-9-10-7-5-4-6-8-10/h4-8,11-12H,9H2,1-3H3,(H,17,22)(H,18,19)(H,20,21)/t11-,12?/m0/s1. The van der Waals surface area contributed by atoms with Crippen molar-refractivity contribution < 1.29 is 29.3 Å². The number of carboxylic acids is 2. The van der Waals surface area contributed by atoms with Gasteiger partial charge in [0.05, 0.1) is 5.92 Å². The van der Waals surface area contributed by atoms with Crippen molar-refractivity contribution in [3.8, 4) is 0 Å². The van der Waals surface area contributed by atoms with E-state index < -0.39 is 35.4 Å². The van der Waals surface area contributed by atoms with Gasteiger partial charge in [0.1, 0.15) is 12.6 Å². The number of carboxylic acid groups (broad SMARTS) is 2. The van der Waals surface area contributed by atoms with Gasteiger partial charge < -0.3 is 20.3 Å². The van der Waals surface area contributed by atoms with E-state index in [4.69, 9.17) is 4.74 Å². The molecule has 23 heavy (non-hydrogen) atoms. The Labute approximate surface area is 134 Å². The molecular weight excluding hydrogens is 302 g/mol. The Bertz CT molecular complexity index is 564. The topological polar surface area (TPSA) is 113 Å². The number of ether oxygens (including phenoxy) is 1.